The first-order valence-corrected chi connectivity index (χ1v) is 7.88. The predicted octanol–water partition coefficient (Wildman–Crippen LogP) is 3.56. The highest BCUT2D eigenvalue weighted by atomic mass is 19.1. The molecule has 25 heavy (non-hydrogen) atoms. The normalized spacial score (nSPS) is 19.8. The minimum atomic E-state index is -0.288. The summed E-state index contributed by atoms with van der Waals surface area (Å²) in [5.74, 6) is 4.70. The standard InChI is InChI=1S/C19H18F2N4/c20-16-5-1-12(2-6-16)14-9-15(13-3-7-17(21)8-4-13)11-18(10-14)24-19(22)25-23/h1-8,10,15H,9,11,23H2,(H2,22,25). The summed E-state index contributed by atoms with van der Waals surface area (Å²) in [6.07, 6.45) is 3.29. The SMILES string of the molecule is N/N=C(\N)N=C1C=C(c2ccc(F)cc2)CC(c2ccc(F)cc2)C1. The molecule has 0 heterocycles. The summed E-state index contributed by atoms with van der Waals surface area (Å²) in [4.78, 5) is 4.24. The van der Waals surface area contributed by atoms with Crippen LogP contribution in [0.5, 0.6) is 0 Å². The highest BCUT2D eigenvalue weighted by Gasteiger charge is 2.22. The summed E-state index contributed by atoms with van der Waals surface area (Å²) in [5, 5.41) is 3.38. The van der Waals surface area contributed by atoms with Crippen LogP contribution in [-0.4, -0.2) is 11.7 Å². The number of nitrogens with zero attached hydrogens (tertiary/aromatic N) is 2. The van der Waals surface area contributed by atoms with E-state index >= 15 is 0 Å². The zero-order valence-electron chi connectivity index (χ0n) is 13.5. The summed E-state index contributed by atoms with van der Waals surface area (Å²) in [6.45, 7) is 0. The minimum Gasteiger partial charge on any atom is -0.367 e. The number of guanidine groups is 1. The molecule has 4 N–H and O–H groups in total. The van der Waals surface area contributed by atoms with Gasteiger partial charge in [0.25, 0.3) is 0 Å². The molecule has 0 saturated heterocycles. The maximum Gasteiger partial charge on any atom is 0.237 e. The number of aliphatic imine (C=N–C) groups is 1. The molecule has 1 atom stereocenters. The molecule has 2 aromatic rings. The van der Waals surface area contributed by atoms with Crippen molar-refractivity contribution >= 4 is 17.2 Å². The van der Waals surface area contributed by atoms with Crippen molar-refractivity contribution in [3.8, 4) is 0 Å². The van der Waals surface area contributed by atoms with Crippen LogP contribution in [0, 0.1) is 11.6 Å². The third kappa shape index (κ3) is 4.09. The van der Waals surface area contributed by atoms with Gasteiger partial charge in [-0.15, -0.1) is 5.10 Å². The monoisotopic (exact) mass is 340 g/mol. The number of rotatable bonds is 2. The number of hydrazone groups is 1. The second kappa shape index (κ2) is 7.25. The van der Waals surface area contributed by atoms with Gasteiger partial charge >= 0.3 is 0 Å². The minimum absolute atomic E-state index is 0.00976. The van der Waals surface area contributed by atoms with E-state index in [1.165, 1.54) is 24.3 Å². The van der Waals surface area contributed by atoms with E-state index < -0.39 is 0 Å². The van der Waals surface area contributed by atoms with E-state index in [4.69, 9.17) is 11.6 Å². The Hall–Kier alpha value is -3.02. The summed E-state index contributed by atoms with van der Waals surface area (Å²) < 4.78 is 26.4. The molecule has 2 aromatic carbocycles. The van der Waals surface area contributed by atoms with Crippen LogP contribution in [-0.2, 0) is 0 Å². The lowest BCUT2D eigenvalue weighted by Gasteiger charge is -2.24. The van der Waals surface area contributed by atoms with Gasteiger partial charge in [0, 0.05) is 5.71 Å². The van der Waals surface area contributed by atoms with Gasteiger partial charge in [-0.1, -0.05) is 24.3 Å². The molecule has 128 valence electrons. The van der Waals surface area contributed by atoms with Gasteiger partial charge in [-0.2, -0.15) is 0 Å². The van der Waals surface area contributed by atoms with Crippen molar-refractivity contribution in [1.29, 1.82) is 0 Å². The van der Waals surface area contributed by atoms with Gasteiger partial charge in [-0.25, -0.2) is 13.8 Å². The first kappa shape index (κ1) is 16.8. The van der Waals surface area contributed by atoms with Crippen LogP contribution in [0.4, 0.5) is 8.78 Å². The Bertz CT molecular complexity index is 837. The van der Waals surface area contributed by atoms with Crippen LogP contribution in [0.15, 0.2) is 64.7 Å². The molecule has 0 spiro atoms. The fourth-order valence-electron chi connectivity index (χ4n) is 3.00. The fourth-order valence-corrected chi connectivity index (χ4v) is 3.00. The second-order valence-electron chi connectivity index (χ2n) is 5.92. The van der Waals surface area contributed by atoms with Gasteiger partial charge in [-0.05, 0) is 65.8 Å². The van der Waals surface area contributed by atoms with E-state index in [1.807, 2.05) is 6.08 Å². The van der Waals surface area contributed by atoms with Crippen LogP contribution in [0.3, 0.4) is 0 Å². The Kier molecular flexibility index (Phi) is 4.88. The molecule has 0 bridgehead atoms. The summed E-state index contributed by atoms with van der Waals surface area (Å²) in [5.41, 5.74) is 9.26. The first-order valence-electron chi connectivity index (χ1n) is 7.88. The zero-order chi connectivity index (χ0) is 17.8. The molecule has 0 amide bonds. The van der Waals surface area contributed by atoms with Gasteiger partial charge in [0.05, 0.1) is 0 Å². The number of benzene rings is 2. The Morgan fingerprint density at radius 2 is 1.52 bits per heavy atom. The van der Waals surface area contributed by atoms with E-state index in [-0.39, 0.29) is 23.5 Å². The lowest BCUT2D eigenvalue weighted by atomic mass is 9.80. The largest absolute Gasteiger partial charge is 0.367 e. The smallest absolute Gasteiger partial charge is 0.237 e. The summed E-state index contributed by atoms with van der Waals surface area (Å²) >= 11 is 0. The maximum absolute atomic E-state index is 13.2. The Morgan fingerprint density at radius 1 is 0.920 bits per heavy atom. The average molecular weight is 340 g/mol. The van der Waals surface area contributed by atoms with Crippen molar-refractivity contribution in [3.05, 3.63) is 77.4 Å². The first-order chi connectivity index (χ1) is 12.0. The van der Waals surface area contributed by atoms with Crippen LogP contribution in [0.2, 0.25) is 0 Å². The fraction of sp³-hybridized carbons (Fsp3) is 0.158. The van der Waals surface area contributed by atoms with Crippen molar-refractivity contribution in [1.82, 2.24) is 0 Å². The number of nitrogens with two attached hydrogens (primary N) is 2. The molecular weight excluding hydrogens is 322 g/mol. The maximum atomic E-state index is 13.2. The molecular formula is C19H18F2N4. The third-order valence-electron chi connectivity index (χ3n) is 4.21. The van der Waals surface area contributed by atoms with Gasteiger partial charge in [-0.3, -0.25) is 0 Å². The quantitative estimate of drug-likeness (QED) is 0.379. The number of allylic oxidation sites excluding steroid dienone is 2. The van der Waals surface area contributed by atoms with Crippen molar-refractivity contribution < 1.29 is 8.78 Å². The molecule has 0 radical (unpaired) electrons. The number of halogens is 2. The van der Waals surface area contributed by atoms with E-state index in [0.717, 1.165) is 28.8 Å². The van der Waals surface area contributed by atoms with E-state index in [1.54, 1.807) is 24.3 Å². The van der Waals surface area contributed by atoms with Crippen LogP contribution < -0.4 is 11.6 Å². The molecule has 4 nitrogen and oxygen atoms in total. The van der Waals surface area contributed by atoms with E-state index in [2.05, 4.69) is 10.1 Å². The van der Waals surface area contributed by atoms with Crippen molar-refractivity contribution in [3.63, 3.8) is 0 Å². The summed E-state index contributed by atoms with van der Waals surface area (Å²) in [7, 11) is 0. The highest BCUT2D eigenvalue weighted by Crippen LogP contribution is 2.36. The van der Waals surface area contributed by atoms with Crippen LogP contribution in [0.1, 0.15) is 29.9 Å². The van der Waals surface area contributed by atoms with Gasteiger partial charge in [0.2, 0.25) is 5.96 Å². The summed E-state index contributed by atoms with van der Waals surface area (Å²) in [6, 6.07) is 12.7. The van der Waals surface area contributed by atoms with Crippen molar-refractivity contribution in [2.45, 2.75) is 18.8 Å². The Balaban J connectivity index is 1.98. The predicted molar refractivity (Wildman–Crippen MR) is 96.0 cm³/mol. The van der Waals surface area contributed by atoms with Gasteiger partial charge < -0.3 is 11.6 Å². The molecule has 3 rings (SSSR count). The molecule has 6 heteroatoms. The molecule has 0 aromatic heterocycles. The van der Waals surface area contributed by atoms with E-state index in [0.29, 0.717) is 6.42 Å². The number of hydrogen-bond acceptors (Lipinski definition) is 2. The molecule has 1 aliphatic rings. The lowest BCUT2D eigenvalue weighted by Crippen LogP contribution is -2.18. The van der Waals surface area contributed by atoms with Crippen molar-refractivity contribution in [2.75, 3.05) is 0 Å². The zero-order valence-corrected chi connectivity index (χ0v) is 13.5. The van der Waals surface area contributed by atoms with E-state index in [9.17, 15) is 8.78 Å². The second-order valence-corrected chi connectivity index (χ2v) is 5.92. The Morgan fingerprint density at radius 3 is 2.12 bits per heavy atom. The van der Waals surface area contributed by atoms with Crippen molar-refractivity contribution in [2.24, 2.45) is 21.7 Å². The topological polar surface area (TPSA) is 76.8 Å². The molecule has 0 saturated carbocycles. The molecule has 1 unspecified atom stereocenters. The van der Waals surface area contributed by atoms with Gasteiger partial charge in [0.1, 0.15) is 11.6 Å². The lowest BCUT2D eigenvalue weighted by molar-refractivity contribution is 0.624. The average Bonchev–Trinajstić information content (AvgIpc) is 2.62. The highest BCUT2D eigenvalue weighted by molar-refractivity contribution is 6.08. The van der Waals surface area contributed by atoms with Crippen LogP contribution in [0.25, 0.3) is 5.57 Å². The van der Waals surface area contributed by atoms with Crippen LogP contribution >= 0.6 is 0 Å². The molecule has 1 aliphatic carbocycles. The molecule has 0 fully saturated rings. The molecule has 0 aliphatic heterocycles. The third-order valence-corrected chi connectivity index (χ3v) is 4.21. The van der Waals surface area contributed by atoms with Gasteiger partial charge in [0.15, 0.2) is 0 Å². The number of hydrogen-bond donors (Lipinski definition) is 2. The Labute approximate surface area is 144 Å².